The number of ether oxygens (including phenoxy) is 1. The molecule has 2 amide bonds. The maximum absolute atomic E-state index is 12.6. The van der Waals surface area contributed by atoms with Crippen molar-refractivity contribution < 1.29 is 14.3 Å². The summed E-state index contributed by atoms with van der Waals surface area (Å²) in [6.45, 7) is 8.43. The van der Waals surface area contributed by atoms with Crippen LogP contribution in [0.1, 0.15) is 46.5 Å². The highest BCUT2D eigenvalue weighted by atomic mass is 32.1. The fourth-order valence-corrected chi connectivity index (χ4v) is 4.95. The number of nitrogens with one attached hydrogen (secondary N) is 2. The van der Waals surface area contributed by atoms with Gasteiger partial charge in [-0.05, 0) is 58.1 Å². The molecule has 2 N–H and O–H groups in total. The first-order valence-corrected chi connectivity index (χ1v) is 12.5. The number of anilines is 3. The minimum Gasteiger partial charge on any atom is -0.444 e. The van der Waals surface area contributed by atoms with Crippen molar-refractivity contribution in [1.82, 2.24) is 25.3 Å². The number of nitrogens with zero attached hydrogens (tertiary/aromatic N) is 6. The van der Waals surface area contributed by atoms with Crippen molar-refractivity contribution in [1.29, 1.82) is 0 Å². The van der Waals surface area contributed by atoms with Crippen molar-refractivity contribution in [2.45, 2.75) is 58.1 Å². The lowest BCUT2D eigenvalue weighted by Gasteiger charge is -2.33. The normalized spacial score (nSPS) is 20.8. The number of rotatable bonds is 6. The van der Waals surface area contributed by atoms with E-state index in [2.05, 4.69) is 35.9 Å². The molecule has 2 fully saturated rings. The van der Waals surface area contributed by atoms with E-state index in [-0.39, 0.29) is 24.0 Å². The molecule has 4 heterocycles. The van der Waals surface area contributed by atoms with Crippen molar-refractivity contribution >= 4 is 39.4 Å². The van der Waals surface area contributed by atoms with Crippen LogP contribution in [0.3, 0.4) is 0 Å². The molecule has 0 saturated carbocycles. The molecule has 2 aromatic heterocycles. The second-order valence-electron chi connectivity index (χ2n) is 9.76. The first-order chi connectivity index (χ1) is 16.2. The molecule has 184 valence electrons. The van der Waals surface area contributed by atoms with Gasteiger partial charge in [-0.2, -0.15) is 5.10 Å². The van der Waals surface area contributed by atoms with Gasteiger partial charge in [0, 0.05) is 44.8 Å². The van der Waals surface area contributed by atoms with Gasteiger partial charge in [0.05, 0.1) is 0 Å². The molecular weight excluding hydrogens is 456 g/mol. The van der Waals surface area contributed by atoms with E-state index in [0.717, 1.165) is 38.2 Å². The summed E-state index contributed by atoms with van der Waals surface area (Å²) < 4.78 is 5.47. The highest BCUT2D eigenvalue weighted by Crippen LogP contribution is 2.26. The third kappa shape index (κ3) is 6.75. The zero-order valence-electron chi connectivity index (χ0n) is 19.9. The van der Waals surface area contributed by atoms with Crippen LogP contribution in [0.2, 0.25) is 0 Å². The van der Waals surface area contributed by atoms with E-state index < -0.39 is 5.60 Å². The molecule has 34 heavy (non-hydrogen) atoms. The summed E-state index contributed by atoms with van der Waals surface area (Å²) in [5, 5.41) is 23.8. The Morgan fingerprint density at radius 3 is 2.74 bits per heavy atom. The summed E-state index contributed by atoms with van der Waals surface area (Å²) >= 11 is 1.32. The number of likely N-dealkylation sites (tertiary alicyclic amines) is 1. The molecule has 11 nitrogen and oxygen atoms in total. The largest absolute Gasteiger partial charge is 0.444 e. The van der Waals surface area contributed by atoms with Gasteiger partial charge in [-0.1, -0.05) is 11.3 Å². The topological polar surface area (TPSA) is 125 Å². The predicted molar refractivity (Wildman–Crippen MR) is 130 cm³/mol. The summed E-state index contributed by atoms with van der Waals surface area (Å²) in [6, 6.07) is 4.05. The van der Waals surface area contributed by atoms with Crippen LogP contribution in [0.15, 0.2) is 18.3 Å². The second-order valence-corrected chi connectivity index (χ2v) is 10.7. The van der Waals surface area contributed by atoms with Gasteiger partial charge in [-0.3, -0.25) is 4.79 Å². The number of hydrogen-bond donors (Lipinski definition) is 2. The van der Waals surface area contributed by atoms with Crippen LogP contribution in [-0.4, -0.2) is 75.1 Å². The summed E-state index contributed by atoms with van der Waals surface area (Å²) in [7, 11) is 0. The van der Waals surface area contributed by atoms with Gasteiger partial charge in [0.2, 0.25) is 16.2 Å². The molecule has 2 aliphatic rings. The maximum atomic E-state index is 12.6. The van der Waals surface area contributed by atoms with E-state index in [1.54, 1.807) is 11.1 Å². The van der Waals surface area contributed by atoms with Gasteiger partial charge in [-0.15, -0.1) is 15.3 Å². The van der Waals surface area contributed by atoms with Crippen LogP contribution >= 0.6 is 11.3 Å². The lowest BCUT2D eigenvalue weighted by Crippen LogP contribution is -2.43. The molecule has 0 unspecified atom stereocenters. The van der Waals surface area contributed by atoms with Crippen LogP contribution in [0.5, 0.6) is 0 Å². The van der Waals surface area contributed by atoms with E-state index in [9.17, 15) is 9.59 Å². The Morgan fingerprint density at radius 1 is 1.15 bits per heavy atom. The van der Waals surface area contributed by atoms with Gasteiger partial charge < -0.3 is 25.2 Å². The number of piperidine rings is 1. The SMILES string of the molecule is CC(C)(C)OC(=O)N1CCC[C@@H](CC(=O)Nc2nnc(N[C@@H]3CCN(c4cccnn4)C3)s2)C1. The zero-order valence-corrected chi connectivity index (χ0v) is 20.7. The van der Waals surface area contributed by atoms with E-state index in [4.69, 9.17) is 4.74 Å². The summed E-state index contributed by atoms with van der Waals surface area (Å²) in [5.74, 6) is 0.843. The van der Waals surface area contributed by atoms with Gasteiger partial charge >= 0.3 is 6.09 Å². The number of hydrogen-bond acceptors (Lipinski definition) is 10. The van der Waals surface area contributed by atoms with Gasteiger partial charge in [-0.25, -0.2) is 4.79 Å². The highest BCUT2D eigenvalue weighted by Gasteiger charge is 2.29. The Labute approximate surface area is 203 Å². The Kier molecular flexibility index (Phi) is 7.44. The van der Waals surface area contributed by atoms with E-state index in [0.29, 0.717) is 29.8 Å². The smallest absolute Gasteiger partial charge is 0.410 e. The van der Waals surface area contributed by atoms with Crippen LogP contribution in [0.4, 0.5) is 20.9 Å². The second kappa shape index (κ2) is 10.5. The first-order valence-electron chi connectivity index (χ1n) is 11.7. The monoisotopic (exact) mass is 488 g/mol. The molecule has 4 rings (SSSR count). The molecule has 0 bridgehead atoms. The molecule has 0 aliphatic carbocycles. The lowest BCUT2D eigenvalue weighted by molar-refractivity contribution is -0.117. The number of carbonyl (C=O) groups excluding carboxylic acids is 2. The minimum atomic E-state index is -0.530. The molecule has 2 atom stereocenters. The fourth-order valence-electron chi connectivity index (χ4n) is 4.21. The third-order valence-corrected chi connectivity index (χ3v) is 6.48. The van der Waals surface area contributed by atoms with Gasteiger partial charge in [0.25, 0.3) is 0 Å². The standard InChI is InChI=1S/C22H32N8O3S/c1-22(2,3)33-21(32)30-10-5-6-15(13-30)12-18(31)25-20-28-27-19(34-20)24-16-8-11-29(14-16)17-7-4-9-23-26-17/h4,7,9,15-16H,5-6,8,10-14H2,1-3H3,(H,24,27)(H,25,28,31)/t15-,16+/m0/s1. The van der Waals surface area contributed by atoms with Crippen molar-refractivity contribution in [3.05, 3.63) is 18.3 Å². The molecular formula is C22H32N8O3S. The fraction of sp³-hybridized carbons (Fsp3) is 0.636. The first kappa shape index (κ1) is 24.1. The molecule has 0 spiro atoms. The molecule has 0 aromatic carbocycles. The highest BCUT2D eigenvalue weighted by molar-refractivity contribution is 7.19. The Morgan fingerprint density at radius 2 is 1.97 bits per heavy atom. The zero-order chi connectivity index (χ0) is 24.1. The molecule has 2 aromatic rings. The van der Waals surface area contributed by atoms with Crippen LogP contribution < -0.4 is 15.5 Å². The summed E-state index contributed by atoms with van der Waals surface area (Å²) in [5.41, 5.74) is -0.530. The maximum Gasteiger partial charge on any atom is 0.410 e. The van der Waals surface area contributed by atoms with Gasteiger partial charge in [0.15, 0.2) is 5.82 Å². The number of aromatic nitrogens is 4. The molecule has 0 radical (unpaired) electrons. The average Bonchev–Trinajstić information content (AvgIpc) is 3.43. The van der Waals surface area contributed by atoms with E-state index in [1.165, 1.54) is 11.3 Å². The van der Waals surface area contributed by atoms with Crippen LogP contribution in [-0.2, 0) is 9.53 Å². The van der Waals surface area contributed by atoms with Crippen molar-refractivity contribution in [3.63, 3.8) is 0 Å². The van der Waals surface area contributed by atoms with E-state index in [1.807, 2.05) is 32.9 Å². The predicted octanol–water partition coefficient (Wildman–Crippen LogP) is 2.99. The van der Waals surface area contributed by atoms with Crippen molar-refractivity contribution in [2.24, 2.45) is 5.92 Å². The van der Waals surface area contributed by atoms with Crippen molar-refractivity contribution in [2.75, 3.05) is 41.7 Å². The third-order valence-electron chi connectivity index (χ3n) is 5.71. The summed E-state index contributed by atoms with van der Waals surface area (Å²) in [4.78, 5) is 28.8. The lowest BCUT2D eigenvalue weighted by atomic mass is 9.95. The van der Waals surface area contributed by atoms with E-state index >= 15 is 0 Å². The van der Waals surface area contributed by atoms with Crippen LogP contribution in [0, 0.1) is 5.92 Å². The Hall–Kier alpha value is -3.02. The molecule has 12 heteroatoms. The van der Waals surface area contributed by atoms with Crippen LogP contribution in [0.25, 0.3) is 0 Å². The number of amides is 2. The quantitative estimate of drug-likeness (QED) is 0.631. The molecule has 2 aliphatic heterocycles. The summed E-state index contributed by atoms with van der Waals surface area (Å²) in [6.07, 6.45) is 4.39. The van der Waals surface area contributed by atoms with Crippen molar-refractivity contribution in [3.8, 4) is 0 Å². The van der Waals surface area contributed by atoms with Gasteiger partial charge in [0.1, 0.15) is 5.60 Å². The average molecular weight is 489 g/mol. The number of carbonyl (C=O) groups is 2. The minimum absolute atomic E-state index is 0.0948. The Bertz CT molecular complexity index is 980. The molecule has 2 saturated heterocycles. The Balaban J connectivity index is 1.22.